The number of nitrogens with zero attached hydrogens (tertiary/aromatic N) is 1. The second kappa shape index (κ2) is 9.21. The third-order valence-corrected chi connectivity index (χ3v) is 6.38. The second-order valence-electron chi connectivity index (χ2n) is 5.38. The van der Waals surface area contributed by atoms with Crippen LogP contribution in [0.15, 0.2) is 30.3 Å². The van der Waals surface area contributed by atoms with Crippen molar-refractivity contribution in [1.29, 1.82) is 0 Å². The van der Waals surface area contributed by atoms with Crippen LogP contribution in [0.1, 0.15) is 63.7 Å². The molecule has 0 saturated carbocycles. The zero-order valence-electron chi connectivity index (χ0n) is 13.6. The normalized spacial score (nSPS) is 13.5. The molecule has 0 spiro atoms. The third kappa shape index (κ3) is 5.11. The number of hydrogen-bond donors (Lipinski definition) is 0. The zero-order chi connectivity index (χ0) is 15.7. The highest BCUT2D eigenvalue weighted by Gasteiger charge is 2.31. The standard InChI is InChI=1S/C17H29NO2S/c1-4-7-8-12-15-17(16-13-10-9-11-14-16)21(19,20)18(5-2)6-3/h9-11,13-14,17H,4-8,12,15H2,1-3H3. The summed E-state index contributed by atoms with van der Waals surface area (Å²) in [6, 6.07) is 9.65. The van der Waals surface area contributed by atoms with Crippen LogP contribution < -0.4 is 0 Å². The highest BCUT2D eigenvalue weighted by Crippen LogP contribution is 2.30. The molecule has 1 rings (SSSR count). The van der Waals surface area contributed by atoms with Crippen molar-refractivity contribution in [3.8, 4) is 0 Å². The van der Waals surface area contributed by atoms with Gasteiger partial charge in [0.15, 0.2) is 0 Å². The van der Waals surface area contributed by atoms with E-state index in [-0.39, 0.29) is 0 Å². The maximum atomic E-state index is 12.9. The van der Waals surface area contributed by atoms with Gasteiger partial charge in [-0.15, -0.1) is 0 Å². The van der Waals surface area contributed by atoms with Crippen molar-refractivity contribution in [2.24, 2.45) is 0 Å². The monoisotopic (exact) mass is 311 g/mol. The van der Waals surface area contributed by atoms with Crippen molar-refractivity contribution >= 4 is 10.0 Å². The fraction of sp³-hybridized carbons (Fsp3) is 0.647. The summed E-state index contributed by atoms with van der Waals surface area (Å²) in [7, 11) is -3.27. The SMILES string of the molecule is CCCCCCC(c1ccccc1)S(=O)(=O)N(CC)CC. The fourth-order valence-electron chi connectivity index (χ4n) is 2.68. The quantitative estimate of drug-likeness (QED) is 0.602. The molecular weight excluding hydrogens is 282 g/mol. The van der Waals surface area contributed by atoms with Crippen molar-refractivity contribution in [2.45, 2.75) is 58.1 Å². The number of unbranched alkanes of at least 4 members (excludes halogenated alkanes) is 3. The van der Waals surface area contributed by atoms with Crippen molar-refractivity contribution in [1.82, 2.24) is 4.31 Å². The van der Waals surface area contributed by atoms with E-state index in [1.165, 1.54) is 12.8 Å². The zero-order valence-corrected chi connectivity index (χ0v) is 14.4. The van der Waals surface area contributed by atoms with Gasteiger partial charge in [-0.3, -0.25) is 0 Å². The van der Waals surface area contributed by atoms with Crippen LogP contribution in [0.5, 0.6) is 0 Å². The first kappa shape index (κ1) is 18.2. The van der Waals surface area contributed by atoms with Crippen molar-refractivity contribution in [3.05, 3.63) is 35.9 Å². The average molecular weight is 311 g/mol. The van der Waals surface area contributed by atoms with E-state index < -0.39 is 15.3 Å². The van der Waals surface area contributed by atoms with Gasteiger partial charge < -0.3 is 0 Å². The molecule has 1 unspecified atom stereocenters. The van der Waals surface area contributed by atoms with E-state index in [1.54, 1.807) is 4.31 Å². The van der Waals surface area contributed by atoms with Gasteiger partial charge in [0.1, 0.15) is 5.25 Å². The Bertz CT molecular complexity index is 481. The van der Waals surface area contributed by atoms with Gasteiger partial charge in [0.25, 0.3) is 0 Å². The van der Waals surface area contributed by atoms with Crippen molar-refractivity contribution in [2.75, 3.05) is 13.1 Å². The van der Waals surface area contributed by atoms with Gasteiger partial charge in [0.2, 0.25) is 10.0 Å². The van der Waals surface area contributed by atoms with Crippen LogP contribution in [-0.2, 0) is 10.0 Å². The summed E-state index contributed by atoms with van der Waals surface area (Å²) >= 11 is 0. The predicted octanol–water partition coefficient (Wildman–Crippen LogP) is 4.37. The molecule has 21 heavy (non-hydrogen) atoms. The third-order valence-electron chi connectivity index (χ3n) is 3.92. The Morgan fingerprint density at radius 2 is 1.57 bits per heavy atom. The van der Waals surface area contributed by atoms with Gasteiger partial charge in [0, 0.05) is 13.1 Å². The Morgan fingerprint density at radius 1 is 0.952 bits per heavy atom. The smallest absolute Gasteiger partial charge is 0.212 e. The molecule has 3 nitrogen and oxygen atoms in total. The number of benzene rings is 1. The molecule has 0 fully saturated rings. The fourth-order valence-corrected chi connectivity index (χ4v) is 4.72. The summed E-state index contributed by atoms with van der Waals surface area (Å²) in [5.41, 5.74) is 0.917. The predicted molar refractivity (Wildman–Crippen MR) is 89.8 cm³/mol. The molecule has 0 aliphatic heterocycles. The first-order chi connectivity index (χ1) is 10.1. The van der Waals surface area contributed by atoms with E-state index in [1.807, 2.05) is 44.2 Å². The first-order valence-electron chi connectivity index (χ1n) is 8.11. The molecule has 0 bridgehead atoms. The summed E-state index contributed by atoms with van der Waals surface area (Å²) in [4.78, 5) is 0. The maximum Gasteiger partial charge on any atom is 0.221 e. The Kier molecular flexibility index (Phi) is 7.97. The van der Waals surface area contributed by atoms with Crippen LogP contribution >= 0.6 is 0 Å². The van der Waals surface area contributed by atoms with Crippen LogP contribution in [0.3, 0.4) is 0 Å². The molecule has 0 aliphatic rings. The largest absolute Gasteiger partial charge is 0.221 e. The van der Waals surface area contributed by atoms with E-state index in [9.17, 15) is 8.42 Å². The molecular formula is C17H29NO2S. The topological polar surface area (TPSA) is 37.4 Å². The molecule has 1 atom stereocenters. The molecule has 0 saturated heterocycles. The van der Waals surface area contributed by atoms with E-state index in [0.29, 0.717) is 19.5 Å². The summed E-state index contributed by atoms with van der Waals surface area (Å²) in [6.45, 7) is 7.05. The number of hydrogen-bond acceptors (Lipinski definition) is 2. The van der Waals surface area contributed by atoms with Crippen LogP contribution in [0.25, 0.3) is 0 Å². The van der Waals surface area contributed by atoms with Gasteiger partial charge in [0.05, 0.1) is 0 Å². The van der Waals surface area contributed by atoms with Gasteiger partial charge in [-0.2, -0.15) is 0 Å². The van der Waals surface area contributed by atoms with Crippen LogP contribution in [0, 0.1) is 0 Å². The van der Waals surface area contributed by atoms with Crippen molar-refractivity contribution in [3.63, 3.8) is 0 Å². The van der Waals surface area contributed by atoms with Gasteiger partial charge in [-0.05, 0) is 12.0 Å². The molecule has 1 aromatic rings. The van der Waals surface area contributed by atoms with Gasteiger partial charge in [-0.1, -0.05) is 76.8 Å². The van der Waals surface area contributed by atoms with E-state index in [2.05, 4.69) is 6.92 Å². The minimum absolute atomic E-state index is 0.407. The summed E-state index contributed by atoms with van der Waals surface area (Å²) in [6.07, 6.45) is 5.12. The molecule has 1 aromatic carbocycles. The minimum atomic E-state index is -3.27. The number of rotatable bonds is 10. The van der Waals surface area contributed by atoms with E-state index in [4.69, 9.17) is 0 Å². The first-order valence-corrected chi connectivity index (χ1v) is 9.62. The highest BCUT2D eigenvalue weighted by molar-refractivity contribution is 7.89. The molecule has 120 valence electrons. The summed E-state index contributed by atoms with van der Waals surface area (Å²) < 4.78 is 27.4. The lowest BCUT2D eigenvalue weighted by Crippen LogP contribution is -2.34. The highest BCUT2D eigenvalue weighted by atomic mass is 32.2. The van der Waals surface area contributed by atoms with Gasteiger partial charge in [-0.25, -0.2) is 12.7 Å². The lowest BCUT2D eigenvalue weighted by atomic mass is 10.1. The second-order valence-corrected chi connectivity index (χ2v) is 7.49. The van der Waals surface area contributed by atoms with Crippen LogP contribution in [0.2, 0.25) is 0 Å². The minimum Gasteiger partial charge on any atom is -0.212 e. The lowest BCUT2D eigenvalue weighted by Gasteiger charge is -2.26. The lowest BCUT2D eigenvalue weighted by molar-refractivity contribution is 0.430. The summed E-state index contributed by atoms with van der Waals surface area (Å²) in [5.74, 6) is 0. The van der Waals surface area contributed by atoms with Crippen molar-refractivity contribution < 1.29 is 8.42 Å². The van der Waals surface area contributed by atoms with Crippen LogP contribution in [0.4, 0.5) is 0 Å². The average Bonchev–Trinajstić information content (AvgIpc) is 2.49. The Labute approximate surface area is 130 Å². The molecule has 0 heterocycles. The summed E-state index contributed by atoms with van der Waals surface area (Å²) in [5, 5.41) is -0.407. The van der Waals surface area contributed by atoms with Crippen LogP contribution in [-0.4, -0.2) is 25.8 Å². The molecule has 4 heteroatoms. The number of sulfonamides is 1. The molecule has 0 amide bonds. The molecule has 0 aromatic heterocycles. The van der Waals surface area contributed by atoms with E-state index >= 15 is 0 Å². The molecule has 0 N–H and O–H groups in total. The molecule has 0 radical (unpaired) electrons. The molecule has 0 aliphatic carbocycles. The van der Waals surface area contributed by atoms with E-state index in [0.717, 1.165) is 18.4 Å². The Balaban J connectivity index is 2.96. The Morgan fingerprint density at radius 3 is 2.10 bits per heavy atom. The van der Waals surface area contributed by atoms with Gasteiger partial charge >= 0.3 is 0 Å². The maximum absolute atomic E-state index is 12.9. The Hall–Kier alpha value is -0.870.